The van der Waals surface area contributed by atoms with Crippen molar-refractivity contribution in [1.82, 2.24) is 0 Å². The molecule has 0 fully saturated rings. The average Bonchev–Trinajstić information content (AvgIpc) is 2.93. The molecule has 2 heterocycles. The molecule has 3 aromatic carbocycles. The number of esters is 1. The molecule has 0 amide bonds. The van der Waals surface area contributed by atoms with Gasteiger partial charge >= 0.3 is 5.97 Å². The number of halogens is 2. The van der Waals surface area contributed by atoms with Crippen molar-refractivity contribution in [3.05, 3.63) is 80.8 Å². The van der Waals surface area contributed by atoms with Crippen molar-refractivity contribution in [1.29, 1.82) is 0 Å². The van der Waals surface area contributed by atoms with Gasteiger partial charge in [0, 0.05) is 28.8 Å². The number of phenolic OH excluding ortho intramolecular Hbond substituents is 2. The van der Waals surface area contributed by atoms with Crippen molar-refractivity contribution in [2.75, 3.05) is 0 Å². The summed E-state index contributed by atoms with van der Waals surface area (Å²) in [5, 5.41) is 20.2. The maximum atomic E-state index is 12.6. The molecule has 133 valence electrons. The number of hydrogen-bond donors (Lipinski definition) is 2. The number of carbonyl (C=O) groups excluding carboxylic acids is 1. The fourth-order valence-corrected chi connectivity index (χ4v) is 3.94. The molecule has 5 rings (SSSR count). The Morgan fingerprint density at radius 3 is 2.11 bits per heavy atom. The van der Waals surface area contributed by atoms with Crippen molar-refractivity contribution >= 4 is 29.2 Å². The standard InChI is InChI=1S/C20H9Cl2O5/c21-13-5-11-17(7-15(13)23)26-18-8-16(24)14(22)6-12(18)20(11)10-4-2-1-3-9(10)19(25)27-20/h1,3-8,23-24H. The van der Waals surface area contributed by atoms with E-state index >= 15 is 0 Å². The first kappa shape index (κ1) is 16.3. The number of hydrogen-bond acceptors (Lipinski definition) is 5. The SMILES string of the molecule is O=C1OC2(c3cc(Cl)c(O)cc3Oc3cc(O)c(Cl)cc32)c2c[c]ccc21. The topological polar surface area (TPSA) is 76.0 Å². The van der Waals surface area contributed by atoms with Crippen LogP contribution in [0, 0.1) is 6.07 Å². The van der Waals surface area contributed by atoms with E-state index in [1.165, 1.54) is 24.3 Å². The minimum atomic E-state index is -1.39. The Morgan fingerprint density at radius 2 is 1.52 bits per heavy atom. The Kier molecular flexibility index (Phi) is 3.21. The maximum absolute atomic E-state index is 12.6. The van der Waals surface area contributed by atoms with Gasteiger partial charge in [-0.15, -0.1) is 0 Å². The summed E-state index contributed by atoms with van der Waals surface area (Å²) in [6, 6.07) is 13.5. The smallest absolute Gasteiger partial charge is 0.340 e. The van der Waals surface area contributed by atoms with Crippen molar-refractivity contribution in [3.63, 3.8) is 0 Å². The first-order valence-electron chi connectivity index (χ1n) is 7.89. The van der Waals surface area contributed by atoms with Gasteiger partial charge in [-0.1, -0.05) is 29.3 Å². The van der Waals surface area contributed by atoms with Gasteiger partial charge in [-0.25, -0.2) is 4.79 Å². The fourth-order valence-electron chi connectivity index (χ4n) is 3.62. The van der Waals surface area contributed by atoms with E-state index in [9.17, 15) is 15.0 Å². The quantitative estimate of drug-likeness (QED) is 0.532. The number of ether oxygens (including phenoxy) is 2. The highest BCUT2D eigenvalue weighted by Crippen LogP contribution is 2.58. The molecule has 0 saturated carbocycles. The van der Waals surface area contributed by atoms with E-state index in [1.807, 2.05) is 0 Å². The molecule has 0 atom stereocenters. The second kappa shape index (κ2) is 5.31. The second-order valence-corrected chi connectivity index (χ2v) is 7.06. The van der Waals surface area contributed by atoms with Crippen molar-refractivity contribution < 1.29 is 24.5 Å². The van der Waals surface area contributed by atoms with Crippen LogP contribution in [0.2, 0.25) is 10.0 Å². The van der Waals surface area contributed by atoms with Gasteiger partial charge in [-0.3, -0.25) is 0 Å². The van der Waals surface area contributed by atoms with Gasteiger partial charge in [0.2, 0.25) is 0 Å². The highest BCUT2D eigenvalue weighted by Gasteiger charge is 2.54. The molecule has 7 heteroatoms. The van der Waals surface area contributed by atoms with E-state index in [2.05, 4.69) is 6.07 Å². The van der Waals surface area contributed by atoms with E-state index < -0.39 is 11.6 Å². The van der Waals surface area contributed by atoms with Crippen LogP contribution in [0.25, 0.3) is 0 Å². The monoisotopic (exact) mass is 399 g/mol. The number of fused-ring (bicyclic) bond motifs is 6. The Bertz CT molecular complexity index is 1100. The number of rotatable bonds is 0. The molecule has 2 aliphatic heterocycles. The summed E-state index contributed by atoms with van der Waals surface area (Å²) in [6.07, 6.45) is 0. The first-order chi connectivity index (χ1) is 12.9. The predicted molar refractivity (Wildman–Crippen MR) is 96.9 cm³/mol. The highest BCUT2D eigenvalue weighted by molar-refractivity contribution is 6.32. The molecule has 3 aromatic rings. The lowest BCUT2D eigenvalue weighted by atomic mass is 9.77. The minimum absolute atomic E-state index is 0.0782. The van der Waals surface area contributed by atoms with Crippen LogP contribution in [0.3, 0.4) is 0 Å². The third kappa shape index (κ3) is 2.04. The summed E-state index contributed by atoms with van der Waals surface area (Å²) >= 11 is 12.3. The van der Waals surface area contributed by atoms with Gasteiger partial charge in [0.1, 0.15) is 23.0 Å². The van der Waals surface area contributed by atoms with Gasteiger partial charge in [0.25, 0.3) is 0 Å². The van der Waals surface area contributed by atoms with Gasteiger partial charge < -0.3 is 19.7 Å². The molecular weight excluding hydrogens is 391 g/mol. The zero-order valence-corrected chi connectivity index (χ0v) is 14.9. The van der Waals surface area contributed by atoms with Gasteiger partial charge in [0.05, 0.1) is 15.6 Å². The first-order valence-corrected chi connectivity index (χ1v) is 8.65. The molecule has 2 N–H and O–H groups in total. The summed E-state index contributed by atoms with van der Waals surface area (Å²) in [6.45, 7) is 0. The lowest BCUT2D eigenvalue weighted by molar-refractivity contribution is 0.0224. The van der Waals surface area contributed by atoms with Crippen LogP contribution >= 0.6 is 23.2 Å². The minimum Gasteiger partial charge on any atom is -0.506 e. The molecule has 2 aliphatic rings. The van der Waals surface area contributed by atoms with E-state index in [0.717, 1.165) is 0 Å². The molecule has 0 aliphatic carbocycles. The van der Waals surface area contributed by atoms with Crippen LogP contribution in [0.5, 0.6) is 23.0 Å². The van der Waals surface area contributed by atoms with Crippen LogP contribution in [0.4, 0.5) is 0 Å². The molecule has 0 saturated heterocycles. The molecule has 27 heavy (non-hydrogen) atoms. The predicted octanol–water partition coefficient (Wildman–Crippen LogP) is 4.77. The summed E-state index contributed by atoms with van der Waals surface area (Å²) in [4.78, 5) is 12.6. The van der Waals surface area contributed by atoms with Gasteiger partial charge in [0.15, 0.2) is 5.60 Å². The summed E-state index contributed by atoms with van der Waals surface area (Å²) in [5.74, 6) is -0.398. The number of benzene rings is 3. The van der Waals surface area contributed by atoms with Crippen LogP contribution in [-0.2, 0) is 10.3 Å². The third-order valence-electron chi connectivity index (χ3n) is 4.79. The molecule has 0 bridgehead atoms. The number of carbonyl (C=O) groups is 1. The van der Waals surface area contributed by atoms with E-state index in [1.54, 1.807) is 18.2 Å². The second-order valence-electron chi connectivity index (χ2n) is 6.24. The van der Waals surface area contributed by atoms with Crippen LogP contribution in [0.15, 0.2) is 42.5 Å². The molecule has 1 spiro atoms. The highest BCUT2D eigenvalue weighted by atomic mass is 35.5. The van der Waals surface area contributed by atoms with Crippen molar-refractivity contribution in [2.24, 2.45) is 0 Å². The van der Waals surface area contributed by atoms with E-state index in [-0.39, 0.29) is 33.0 Å². The third-order valence-corrected chi connectivity index (χ3v) is 5.39. The van der Waals surface area contributed by atoms with E-state index in [4.69, 9.17) is 32.7 Å². The lowest BCUT2D eigenvalue weighted by Gasteiger charge is -2.36. The van der Waals surface area contributed by atoms with Crippen LogP contribution < -0.4 is 4.74 Å². The van der Waals surface area contributed by atoms with Crippen LogP contribution in [0.1, 0.15) is 27.0 Å². The molecule has 0 unspecified atom stereocenters. The zero-order valence-electron chi connectivity index (χ0n) is 13.4. The van der Waals surface area contributed by atoms with Crippen LogP contribution in [-0.4, -0.2) is 16.2 Å². The van der Waals surface area contributed by atoms with Gasteiger partial charge in [-0.2, -0.15) is 0 Å². The normalized spacial score (nSPS) is 15.6. The fraction of sp³-hybridized carbons (Fsp3) is 0.0500. The van der Waals surface area contributed by atoms with Gasteiger partial charge in [-0.05, 0) is 30.3 Å². The maximum Gasteiger partial charge on any atom is 0.340 e. The van der Waals surface area contributed by atoms with Crippen molar-refractivity contribution in [2.45, 2.75) is 5.60 Å². The Hall–Kier alpha value is -2.89. The number of aromatic hydroxyl groups is 2. The number of phenols is 2. The van der Waals surface area contributed by atoms with Crippen molar-refractivity contribution in [3.8, 4) is 23.0 Å². The molecule has 0 aromatic heterocycles. The summed E-state index contributed by atoms with van der Waals surface area (Å²) in [5.41, 5.74) is 0.407. The Morgan fingerprint density at radius 1 is 0.926 bits per heavy atom. The lowest BCUT2D eigenvalue weighted by Crippen LogP contribution is -2.33. The molecular formula is C20H9Cl2O5. The summed E-state index contributed by atoms with van der Waals surface area (Å²) in [7, 11) is 0. The largest absolute Gasteiger partial charge is 0.506 e. The Balaban J connectivity index is 1.94. The van der Waals surface area contributed by atoms with E-state index in [0.29, 0.717) is 22.3 Å². The zero-order chi connectivity index (χ0) is 18.9. The summed E-state index contributed by atoms with van der Waals surface area (Å²) < 4.78 is 11.7. The average molecular weight is 400 g/mol. The molecule has 1 radical (unpaired) electrons. The molecule has 5 nitrogen and oxygen atoms in total. The Labute approximate surface area is 163 Å².